The van der Waals surface area contributed by atoms with Crippen molar-refractivity contribution in [3.63, 3.8) is 0 Å². The van der Waals surface area contributed by atoms with Gasteiger partial charge in [0.25, 0.3) is 5.91 Å². The van der Waals surface area contributed by atoms with Crippen LogP contribution in [0.15, 0.2) is 91.3 Å². The number of nitrogens with one attached hydrogen (secondary N) is 2. The Kier molecular flexibility index (Phi) is 11.4. The van der Waals surface area contributed by atoms with E-state index in [1.165, 1.54) is 0 Å². The van der Waals surface area contributed by atoms with E-state index < -0.39 is 12.1 Å². The Morgan fingerprint density at radius 3 is 2.14 bits per heavy atom. The number of nitrogens with two attached hydrogens (primary N) is 1. The van der Waals surface area contributed by atoms with Gasteiger partial charge in [0.15, 0.2) is 0 Å². The van der Waals surface area contributed by atoms with Gasteiger partial charge in [-0.2, -0.15) is 13.2 Å². The number of rotatable bonds is 10. The Bertz CT molecular complexity index is 1600. The lowest BCUT2D eigenvalue weighted by Crippen LogP contribution is -2.22. The first-order valence-electron chi connectivity index (χ1n) is 13.4. The number of hydrogen-bond donors (Lipinski definition) is 4. The van der Waals surface area contributed by atoms with Gasteiger partial charge < -0.3 is 25.5 Å². The van der Waals surface area contributed by atoms with Crippen molar-refractivity contribution in [3.8, 4) is 0 Å². The summed E-state index contributed by atoms with van der Waals surface area (Å²) in [6.07, 6.45) is -0.840. The maximum Gasteiger partial charge on any atom is 0.490 e. The Labute approximate surface area is 251 Å². The molecule has 0 aliphatic heterocycles. The van der Waals surface area contributed by atoms with Crippen LogP contribution in [0.1, 0.15) is 55.5 Å². The van der Waals surface area contributed by atoms with Gasteiger partial charge in [-0.05, 0) is 53.8 Å². The molecule has 5 N–H and O–H groups in total. The van der Waals surface area contributed by atoms with Crippen LogP contribution in [0, 0.1) is 5.41 Å². The van der Waals surface area contributed by atoms with Gasteiger partial charge in [-0.1, -0.05) is 60.7 Å². The van der Waals surface area contributed by atoms with E-state index in [-0.39, 0.29) is 24.3 Å². The average Bonchev–Trinajstić information content (AvgIpc) is 3.38. The van der Waals surface area contributed by atoms with Gasteiger partial charge in [0, 0.05) is 36.6 Å². The van der Waals surface area contributed by atoms with Crippen molar-refractivity contribution in [1.82, 2.24) is 9.88 Å². The molecular weight excluding hydrogens is 577 g/mol. The maximum atomic E-state index is 12.7. The van der Waals surface area contributed by atoms with E-state index in [0.717, 1.165) is 22.3 Å². The molecule has 0 saturated carbocycles. The topological polar surface area (TPSA) is 147 Å². The molecule has 9 nitrogen and oxygen atoms in total. The number of carboxylic acid groups (broad SMARTS) is 1. The molecule has 1 amide bonds. The molecule has 44 heavy (non-hydrogen) atoms. The van der Waals surface area contributed by atoms with Gasteiger partial charge in [0.1, 0.15) is 5.84 Å². The van der Waals surface area contributed by atoms with Gasteiger partial charge in [-0.3, -0.25) is 10.2 Å². The minimum absolute atomic E-state index is 0.0134. The van der Waals surface area contributed by atoms with Crippen LogP contribution in [-0.2, 0) is 29.0 Å². The summed E-state index contributed by atoms with van der Waals surface area (Å²) < 4.78 is 39.0. The van der Waals surface area contributed by atoms with Crippen molar-refractivity contribution >= 4 is 23.7 Å². The highest BCUT2D eigenvalue weighted by Gasteiger charge is 2.38. The van der Waals surface area contributed by atoms with Crippen LogP contribution in [0.25, 0.3) is 0 Å². The summed E-state index contributed by atoms with van der Waals surface area (Å²) in [7, 11) is 0. The molecule has 4 rings (SSSR count). The minimum atomic E-state index is -5.08. The Morgan fingerprint density at radius 1 is 0.909 bits per heavy atom. The van der Waals surface area contributed by atoms with Crippen molar-refractivity contribution in [3.05, 3.63) is 130 Å². The lowest BCUT2D eigenvalue weighted by Gasteiger charge is -2.07. The van der Waals surface area contributed by atoms with E-state index in [1.54, 1.807) is 31.3 Å². The first-order chi connectivity index (χ1) is 20.9. The monoisotopic (exact) mass is 608 g/mol. The zero-order valence-electron chi connectivity index (χ0n) is 23.7. The van der Waals surface area contributed by atoms with Crippen molar-refractivity contribution in [2.75, 3.05) is 6.61 Å². The number of carbonyl (C=O) groups excluding carboxylic acids is 2. The van der Waals surface area contributed by atoms with Crippen LogP contribution >= 0.6 is 0 Å². The third kappa shape index (κ3) is 9.86. The van der Waals surface area contributed by atoms with E-state index in [4.69, 9.17) is 25.8 Å². The van der Waals surface area contributed by atoms with Crippen LogP contribution in [-0.4, -0.2) is 46.1 Å². The van der Waals surface area contributed by atoms with Crippen molar-refractivity contribution in [1.29, 1.82) is 5.41 Å². The van der Waals surface area contributed by atoms with Crippen molar-refractivity contribution in [2.24, 2.45) is 5.73 Å². The fraction of sp³-hybridized carbons (Fsp3) is 0.188. The molecule has 230 valence electrons. The highest BCUT2D eigenvalue weighted by atomic mass is 19.4. The second-order valence-electron chi connectivity index (χ2n) is 9.55. The van der Waals surface area contributed by atoms with Gasteiger partial charge in [0.05, 0.1) is 12.2 Å². The zero-order chi connectivity index (χ0) is 32.3. The first-order valence-corrected chi connectivity index (χ1v) is 13.4. The third-order valence-electron chi connectivity index (χ3n) is 6.21. The number of alkyl halides is 3. The van der Waals surface area contributed by atoms with Gasteiger partial charge in [-0.15, -0.1) is 0 Å². The second-order valence-corrected chi connectivity index (χ2v) is 9.55. The number of aromatic nitrogens is 1. The van der Waals surface area contributed by atoms with Crippen molar-refractivity contribution in [2.45, 2.75) is 32.6 Å². The molecular formula is C32H31F3N4O5. The zero-order valence-corrected chi connectivity index (χ0v) is 23.7. The number of ether oxygens (including phenoxy) is 1. The Balaban J connectivity index is 0.000000676. The number of carboxylic acids is 1. The van der Waals surface area contributed by atoms with Crippen LogP contribution in [0.2, 0.25) is 0 Å². The predicted octanol–water partition coefficient (Wildman–Crippen LogP) is 5.15. The van der Waals surface area contributed by atoms with E-state index in [0.29, 0.717) is 36.2 Å². The summed E-state index contributed by atoms with van der Waals surface area (Å²) in [5.74, 6) is -3.25. The number of esters is 1. The standard InChI is InChI=1S/C30H30N4O3.C2HF3O2/c1-2-37-30(36)27-20-34(18-23-9-6-10-25(16-23)28(31)32)19-26(27)15-21-11-13-24(14-12-21)29(35)33-17-22-7-4-3-5-8-22;3-2(4,5)1(6)7/h3-14,16,19-20H,2,15,17-18H2,1H3,(H3,31,32)(H,33,35);(H,6,7). The molecule has 0 atom stereocenters. The summed E-state index contributed by atoms with van der Waals surface area (Å²) in [5.41, 5.74) is 11.2. The molecule has 4 aromatic rings. The lowest BCUT2D eigenvalue weighted by atomic mass is 10.0. The SMILES string of the molecule is CCOC(=O)c1cn(Cc2cccc(C(=N)N)c2)cc1Cc1ccc(C(=O)NCc2ccccc2)cc1.O=C(O)C(F)(F)F. The number of amidine groups is 1. The normalized spacial score (nSPS) is 10.7. The van der Waals surface area contributed by atoms with E-state index in [1.807, 2.05) is 71.4 Å². The number of hydrogen-bond acceptors (Lipinski definition) is 5. The molecule has 0 fully saturated rings. The third-order valence-corrected chi connectivity index (χ3v) is 6.21. The molecule has 0 aliphatic rings. The maximum absolute atomic E-state index is 12.7. The number of nitrogen functional groups attached to an aromatic ring is 1. The summed E-state index contributed by atoms with van der Waals surface area (Å²) >= 11 is 0. The average molecular weight is 609 g/mol. The lowest BCUT2D eigenvalue weighted by molar-refractivity contribution is -0.192. The Hall–Kier alpha value is -5.39. The van der Waals surface area contributed by atoms with Crippen LogP contribution in [0.3, 0.4) is 0 Å². The van der Waals surface area contributed by atoms with Crippen molar-refractivity contribution < 1.29 is 37.4 Å². The Morgan fingerprint density at radius 2 is 1.55 bits per heavy atom. The number of halogens is 3. The number of nitrogens with zero attached hydrogens (tertiary/aromatic N) is 1. The number of benzene rings is 3. The summed E-state index contributed by atoms with van der Waals surface area (Å²) in [6.45, 7) is 3.06. The molecule has 0 unspecified atom stereocenters. The van der Waals surface area contributed by atoms with Gasteiger partial charge in [0.2, 0.25) is 0 Å². The van der Waals surface area contributed by atoms with E-state index in [9.17, 15) is 22.8 Å². The second kappa shape index (κ2) is 15.2. The molecule has 3 aromatic carbocycles. The number of aliphatic carboxylic acids is 1. The molecule has 1 aromatic heterocycles. The number of amides is 1. The molecule has 0 aliphatic carbocycles. The quantitative estimate of drug-likeness (QED) is 0.111. The van der Waals surface area contributed by atoms with Crippen LogP contribution in [0.4, 0.5) is 13.2 Å². The first kappa shape index (κ1) is 33.1. The summed E-state index contributed by atoms with van der Waals surface area (Å²) in [4.78, 5) is 34.1. The molecule has 0 spiro atoms. The highest BCUT2D eigenvalue weighted by Crippen LogP contribution is 2.20. The molecule has 0 saturated heterocycles. The molecule has 0 bridgehead atoms. The van der Waals surface area contributed by atoms with E-state index in [2.05, 4.69) is 5.32 Å². The summed E-state index contributed by atoms with van der Waals surface area (Å²) in [6, 6.07) is 24.6. The summed E-state index contributed by atoms with van der Waals surface area (Å²) in [5, 5.41) is 17.7. The molecule has 12 heteroatoms. The molecule has 0 radical (unpaired) electrons. The highest BCUT2D eigenvalue weighted by molar-refractivity contribution is 5.95. The fourth-order valence-electron chi connectivity index (χ4n) is 4.10. The predicted molar refractivity (Wildman–Crippen MR) is 157 cm³/mol. The number of carbonyl (C=O) groups is 3. The van der Waals surface area contributed by atoms with Crippen LogP contribution < -0.4 is 11.1 Å². The molecule has 1 heterocycles. The van der Waals surface area contributed by atoms with Gasteiger partial charge in [-0.25, -0.2) is 9.59 Å². The fourth-order valence-corrected chi connectivity index (χ4v) is 4.10. The smallest absolute Gasteiger partial charge is 0.475 e. The van der Waals surface area contributed by atoms with Gasteiger partial charge >= 0.3 is 18.1 Å². The minimum Gasteiger partial charge on any atom is -0.475 e. The largest absolute Gasteiger partial charge is 0.490 e. The van der Waals surface area contributed by atoms with E-state index >= 15 is 0 Å². The van der Waals surface area contributed by atoms with Crippen LogP contribution in [0.5, 0.6) is 0 Å².